The first-order valence-electron chi connectivity index (χ1n) is 15.4. The average Bonchev–Trinajstić information content (AvgIpc) is 3.55. The van der Waals surface area contributed by atoms with Crippen molar-refractivity contribution in [2.75, 3.05) is 13.6 Å². The van der Waals surface area contributed by atoms with Crippen LogP contribution in [0.1, 0.15) is 63.3 Å². The number of imide groups is 1. The highest BCUT2D eigenvalue weighted by Crippen LogP contribution is 2.41. The number of carbonyl (C=O) groups excluding carboxylic acids is 2. The van der Waals surface area contributed by atoms with Crippen LogP contribution in [0.15, 0.2) is 48.8 Å². The Morgan fingerprint density at radius 2 is 1.67 bits per heavy atom. The van der Waals surface area contributed by atoms with E-state index in [0.29, 0.717) is 34.6 Å². The fourth-order valence-corrected chi connectivity index (χ4v) is 6.69. The maximum atomic E-state index is 13.8. The first-order valence-corrected chi connectivity index (χ1v) is 15.0. The molecule has 0 saturated carbocycles. The summed E-state index contributed by atoms with van der Waals surface area (Å²) in [4.78, 5) is 29.9. The Morgan fingerprint density at radius 3 is 2.36 bits per heavy atom. The first kappa shape index (κ1) is 27.2. The molecule has 0 saturated heterocycles. The second-order valence-electron chi connectivity index (χ2n) is 13.2. The highest BCUT2D eigenvalue weighted by atomic mass is 16.5. The smallest absolute Gasteiger partial charge is 0.259 e. The first-order chi connectivity index (χ1) is 20.3. The lowest BCUT2D eigenvalue weighted by Gasteiger charge is -2.36. The van der Waals surface area contributed by atoms with Gasteiger partial charge in [-0.1, -0.05) is 18.2 Å². The fourth-order valence-electron chi connectivity index (χ4n) is 6.69. The van der Waals surface area contributed by atoms with Crippen LogP contribution < -0.4 is 5.31 Å². The number of aryl methyl sites for hydroxylation is 2. The van der Waals surface area contributed by atoms with Gasteiger partial charge in [-0.05, 0) is 91.3 Å². The van der Waals surface area contributed by atoms with Crippen molar-refractivity contribution in [3.63, 3.8) is 0 Å². The van der Waals surface area contributed by atoms with Gasteiger partial charge in [0.25, 0.3) is 11.8 Å². The third-order valence-corrected chi connectivity index (χ3v) is 9.26. The molecule has 42 heavy (non-hydrogen) atoms. The molecule has 1 N–H and O–H groups in total. The quantitative estimate of drug-likeness (QED) is 0.307. The Kier molecular flexibility index (Phi) is 6.63. The summed E-state index contributed by atoms with van der Waals surface area (Å²) in [5.74, 6) is -1.19. The molecule has 220 valence electrons. The van der Waals surface area contributed by atoms with Crippen LogP contribution in [0, 0.1) is 13.8 Å². The van der Waals surface area contributed by atoms with E-state index in [-0.39, 0.29) is 23.3 Å². The number of amides is 2. The van der Waals surface area contributed by atoms with Crippen molar-refractivity contribution in [2.24, 2.45) is 0 Å². The highest BCUT2D eigenvalue weighted by Gasteiger charge is 2.37. The maximum Gasteiger partial charge on any atom is 0.259 e. The predicted molar refractivity (Wildman–Crippen MR) is 169 cm³/mol. The van der Waals surface area contributed by atoms with Crippen molar-refractivity contribution in [2.45, 2.75) is 85.2 Å². The number of hydrogen-bond donors (Lipinski definition) is 1. The van der Waals surface area contributed by atoms with Gasteiger partial charge in [0.05, 0.1) is 23.4 Å². The van der Waals surface area contributed by atoms with E-state index in [1.165, 1.54) is 0 Å². The minimum Gasteiger partial charge on any atom is -0.372 e. The fraction of sp³-hybridized carbons (Fsp3) is 0.429. The van der Waals surface area contributed by atoms with Crippen LogP contribution in [0.3, 0.4) is 0 Å². The minimum absolute atomic E-state index is 0.0524. The van der Waals surface area contributed by atoms with E-state index in [9.17, 15) is 9.59 Å². The van der Waals surface area contributed by atoms with Crippen LogP contribution in [0.4, 0.5) is 0 Å². The molecule has 6 rings (SSSR count). The van der Waals surface area contributed by atoms with Gasteiger partial charge in [0.1, 0.15) is 0 Å². The minimum atomic E-state index is -0.596. The summed E-state index contributed by atoms with van der Waals surface area (Å²) in [6.07, 6.45) is 4.56. The number of aromatic nitrogens is 2. The molecule has 2 aliphatic heterocycles. The van der Waals surface area contributed by atoms with E-state index in [4.69, 9.17) is 6.15 Å². The molecule has 0 aliphatic carbocycles. The molecule has 2 amide bonds. The van der Waals surface area contributed by atoms with Crippen LogP contribution in [-0.2, 0) is 26.4 Å². The van der Waals surface area contributed by atoms with Gasteiger partial charge < -0.3 is 18.8 Å². The van der Waals surface area contributed by atoms with Crippen molar-refractivity contribution in [1.82, 2.24) is 19.3 Å². The van der Waals surface area contributed by atoms with Crippen molar-refractivity contribution >= 4 is 44.8 Å². The lowest BCUT2D eigenvalue weighted by Crippen LogP contribution is -2.42. The molecule has 2 aliphatic rings. The zero-order valence-electron chi connectivity index (χ0n) is 27.0. The number of para-hydroxylation sites is 1. The molecular formula is C35H42N4O3. The summed E-state index contributed by atoms with van der Waals surface area (Å²) < 4.78 is 19.7. The molecule has 4 bridgehead atoms. The Morgan fingerprint density at radius 1 is 1.02 bits per heavy atom. The molecule has 2 aromatic carbocycles. The summed E-state index contributed by atoms with van der Waals surface area (Å²) >= 11 is 0. The molecule has 2 atom stereocenters. The van der Waals surface area contributed by atoms with Crippen LogP contribution in [0.5, 0.6) is 0 Å². The van der Waals surface area contributed by atoms with E-state index in [1.54, 1.807) is 0 Å². The molecule has 7 nitrogen and oxygen atoms in total. The summed E-state index contributed by atoms with van der Waals surface area (Å²) in [5.41, 5.74) is 5.77. The van der Waals surface area contributed by atoms with Gasteiger partial charge in [-0.3, -0.25) is 14.9 Å². The second-order valence-corrected chi connectivity index (χ2v) is 13.2. The number of fused-ring (bicyclic) bond motifs is 12. The lowest BCUT2D eigenvalue weighted by molar-refractivity contribution is -0.122. The van der Waals surface area contributed by atoms with Crippen LogP contribution >= 0.6 is 0 Å². The van der Waals surface area contributed by atoms with Crippen molar-refractivity contribution in [1.29, 1.82) is 0 Å². The van der Waals surface area contributed by atoms with Crippen molar-refractivity contribution < 1.29 is 15.7 Å². The zero-order chi connectivity index (χ0) is 31.0. The summed E-state index contributed by atoms with van der Waals surface area (Å²) in [7, 11) is 2.14. The summed E-state index contributed by atoms with van der Waals surface area (Å²) in [6, 6.07) is 12.7. The number of benzene rings is 2. The number of rotatable bonds is 3. The summed E-state index contributed by atoms with van der Waals surface area (Å²) in [5, 5.41) is 2.30. The molecule has 7 heteroatoms. The van der Waals surface area contributed by atoms with Gasteiger partial charge >= 0.3 is 0 Å². The van der Waals surface area contributed by atoms with Gasteiger partial charge in [-0.2, -0.15) is 0 Å². The van der Waals surface area contributed by atoms with Gasteiger partial charge in [0.2, 0.25) is 0 Å². The molecule has 4 heterocycles. The number of nitrogens with zero attached hydrogens (tertiary/aromatic N) is 3. The van der Waals surface area contributed by atoms with E-state index in [0.717, 1.165) is 45.9 Å². The maximum absolute atomic E-state index is 13.8. The monoisotopic (exact) mass is 567 g/mol. The van der Waals surface area contributed by atoms with Crippen molar-refractivity contribution in [3.05, 3.63) is 71.0 Å². The Bertz CT molecular complexity index is 1810. The molecule has 1 unspecified atom stereocenters. The van der Waals surface area contributed by atoms with Crippen molar-refractivity contribution in [3.8, 4) is 0 Å². The SMILES string of the molecule is [2H]N1C(=O)C2=C(C1=O)c1cn(c3ccccc13)C(C)(C)C[C@@H](CN(C)C(C)C)OC(C)Cn1cc2c2cc(C)c(C)cc21. The van der Waals surface area contributed by atoms with E-state index in [1.807, 2.05) is 30.6 Å². The van der Waals surface area contributed by atoms with Gasteiger partial charge in [0.15, 0.2) is 1.41 Å². The molecular weight excluding hydrogens is 524 g/mol. The Balaban J connectivity index is 1.68. The topological polar surface area (TPSA) is 68.5 Å². The number of hydrogen-bond acceptors (Lipinski definition) is 4. The van der Waals surface area contributed by atoms with Gasteiger partial charge in [-0.15, -0.1) is 0 Å². The van der Waals surface area contributed by atoms with Crippen LogP contribution in [0.25, 0.3) is 33.0 Å². The predicted octanol–water partition coefficient (Wildman–Crippen LogP) is 6.03. The molecule has 0 radical (unpaired) electrons. The average molecular weight is 568 g/mol. The number of carbonyl (C=O) groups is 2. The van der Waals surface area contributed by atoms with Crippen LogP contribution in [-0.4, -0.2) is 57.7 Å². The van der Waals surface area contributed by atoms with Crippen LogP contribution in [0.2, 0.25) is 1.41 Å². The molecule has 4 aromatic rings. The van der Waals surface area contributed by atoms with E-state index < -0.39 is 11.8 Å². The number of ether oxygens (including phenoxy) is 1. The zero-order valence-corrected chi connectivity index (χ0v) is 26.0. The Hall–Kier alpha value is -3.68. The lowest BCUT2D eigenvalue weighted by atomic mass is 9.94. The molecule has 0 fully saturated rings. The van der Waals surface area contributed by atoms with Gasteiger partial charge in [-0.25, -0.2) is 0 Å². The van der Waals surface area contributed by atoms with E-state index in [2.05, 4.69) is 87.7 Å². The normalized spacial score (nSPS) is 21.6. The third-order valence-electron chi connectivity index (χ3n) is 9.26. The van der Waals surface area contributed by atoms with E-state index >= 15 is 0 Å². The molecule has 0 spiro atoms. The summed E-state index contributed by atoms with van der Waals surface area (Å²) in [6.45, 7) is 16.4. The number of likely N-dealkylation sites (N-methyl/N-ethyl adjacent to an activating group) is 1. The van der Waals surface area contributed by atoms with Gasteiger partial charge in [0, 0.05) is 70.0 Å². The molecule has 2 aromatic heterocycles. The Labute approximate surface area is 249 Å². The largest absolute Gasteiger partial charge is 0.372 e. The third kappa shape index (κ3) is 4.69. The highest BCUT2D eigenvalue weighted by molar-refractivity contribution is 6.50. The standard InChI is InChI=1S/C35H42N4O3/c1-20(2)37(8)17-24-15-35(6,7)39-19-28(25-11-9-10-12-29(25)39)32-31(33(40)36-34(32)41)27-18-38(16-23(5)42-24)30-14-22(4)21(3)13-26(27)30/h9-14,18-20,23-24H,15-17H2,1-8H3,(H,36,40,41)/t23?,24-/m0/s1/i/hD. The second kappa shape index (κ2) is 10.2. The number of nitrogens with one attached hydrogen (secondary N) is 1.